The van der Waals surface area contributed by atoms with Crippen LogP contribution < -0.4 is 10.1 Å². The van der Waals surface area contributed by atoms with Crippen LogP contribution in [0, 0.1) is 0 Å². The highest BCUT2D eigenvalue weighted by molar-refractivity contribution is 7.98. The summed E-state index contributed by atoms with van der Waals surface area (Å²) in [5.74, 6) is 0.519. The minimum atomic E-state index is -0.227. The molecule has 2 N–H and O–H groups in total. The number of ether oxygens (including phenoxy) is 1. The average Bonchev–Trinajstić information content (AvgIpc) is 3.12. The van der Waals surface area contributed by atoms with Gasteiger partial charge in [-0.05, 0) is 42.7 Å². The summed E-state index contributed by atoms with van der Waals surface area (Å²) in [5.41, 5.74) is 2.73. The molecule has 6 heteroatoms. The monoisotopic (exact) mass is 339 g/mol. The molecule has 0 aliphatic rings. The number of H-pyrrole nitrogens is 1. The number of anilines is 1. The largest absolute Gasteiger partial charge is 0.497 e. The van der Waals surface area contributed by atoms with Crippen molar-refractivity contribution in [3.05, 3.63) is 60.3 Å². The van der Waals surface area contributed by atoms with E-state index in [1.807, 2.05) is 54.8 Å². The number of nitrogens with zero attached hydrogens (tertiary/aromatic N) is 1. The van der Waals surface area contributed by atoms with Crippen LogP contribution in [0.4, 0.5) is 5.69 Å². The van der Waals surface area contributed by atoms with E-state index in [0.717, 1.165) is 21.9 Å². The van der Waals surface area contributed by atoms with E-state index in [2.05, 4.69) is 15.5 Å². The zero-order chi connectivity index (χ0) is 16.9. The first-order valence-corrected chi connectivity index (χ1v) is 8.57. The second kappa shape index (κ2) is 7.23. The van der Waals surface area contributed by atoms with E-state index in [0.29, 0.717) is 11.4 Å². The molecule has 1 amide bonds. The van der Waals surface area contributed by atoms with Crippen molar-refractivity contribution < 1.29 is 9.53 Å². The molecule has 0 aliphatic heterocycles. The predicted octanol–water partition coefficient (Wildman–Crippen LogP) is 4.06. The van der Waals surface area contributed by atoms with Crippen molar-refractivity contribution in [3.63, 3.8) is 0 Å². The van der Waals surface area contributed by atoms with E-state index in [-0.39, 0.29) is 5.91 Å². The second-order valence-corrected chi connectivity index (χ2v) is 5.96. The molecule has 0 atom stereocenters. The highest BCUT2D eigenvalue weighted by Crippen LogP contribution is 2.23. The Hall–Kier alpha value is -2.73. The lowest BCUT2D eigenvalue weighted by atomic mass is 10.1. The third-order valence-corrected chi connectivity index (χ3v) is 4.24. The van der Waals surface area contributed by atoms with Gasteiger partial charge in [0.1, 0.15) is 11.4 Å². The van der Waals surface area contributed by atoms with Crippen LogP contribution in [0.2, 0.25) is 0 Å². The molecule has 0 unspecified atom stereocenters. The Morgan fingerprint density at radius 3 is 2.79 bits per heavy atom. The van der Waals surface area contributed by atoms with Crippen molar-refractivity contribution in [2.45, 2.75) is 4.90 Å². The van der Waals surface area contributed by atoms with Crippen LogP contribution in [-0.2, 0) is 0 Å². The van der Waals surface area contributed by atoms with Gasteiger partial charge in [0.2, 0.25) is 0 Å². The van der Waals surface area contributed by atoms with Gasteiger partial charge < -0.3 is 10.1 Å². The fourth-order valence-corrected chi connectivity index (χ4v) is 2.73. The van der Waals surface area contributed by atoms with Crippen molar-refractivity contribution in [3.8, 4) is 17.0 Å². The number of hydrogen-bond donors (Lipinski definition) is 2. The van der Waals surface area contributed by atoms with Crippen LogP contribution in [0.1, 0.15) is 10.5 Å². The molecule has 0 fully saturated rings. The van der Waals surface area contributed by atoms with Gasteiger partial charge in [0, 0.05) is 16.1 Å². The van der Waals surface area contributed by atoms with Gasteiger partial charge in [0.05, 0.1) is 12.8 Å². The minimum absolute atomic E-state index is 0.227. The van der Waals surface area contributed by atoms with E-state index in [1.165, 1.54) is 0 Å². The lowest BCUT2D eigenvalue weighted by molar-refractivity contribution is 0.102. The summed E-state index contributed by atoms with van der Waals surface area (Å²) in [7, 11) is 1.62. The van der Waals surface area contributed by atoms with Crippen molar-refractivity contribution in [2.75, 3.05) is 18.7 Å². The van der Waals surface area contributed by atoms with Crippen LogP contribution in [0.5, 0.6) is 5.75 Å². The molecule has 122 valence electrons. The zero-order valence-electron chi connectivity index (χ0n) is 13.4. The van der Waals surface area contributed by atoms with Gasteiger partial charge >= 0.3 is 0 Å². The minimum Gasteiger partial charge on any atom is -0.497 e. The number of hydrogen-bond acceptors (Lipinski definition) is 4. The number of benzene rings is 2. The number of aromatic nitrogens is 2. The van der Waals surface area contributed by atoms with E-state index < -0.39 is 0 Å². The molecule has 2 aromatic carbocycles. The first-order valence-electron chi connectivity index (χ1n) is 7.35. The topological polar surface area (TPSA) is 67.0 Å². The summed E-state index contributed by atoms with van der Waals surface area (Å²) < 4.78 is 5.21. The molecular formula is C18H17N3O2S. The highest BCUT2D eigenvalue weighted by Gasteiger charge is 2.12. The Balaban J connectivity index is 1.78. The number of thioether (sulfide) groups is 1. The zero-order valence-corrected chi connectivity index (χ0v) is 14.2. The van der Waals surface area contributed by atoms with Gasteiger partial charge in [-0.25, -0.2) is 0 Å². The lowest BCUT2D eigenvalue weighted by Crippen LogP contribution is -2.12. The SMILES string of the molecule is COc1cccc(-c2cc(C(=O)Nc3cccc(SC)c3)[nH]n2)c1. The summed E-state index contributed by atoms with van der Waals surface area (Å²) in [5, 5.41) is 9.87. The molecule has 5 nitrogen and oxygen atoms in total. The first-order chi connectivity index (χ1) is 11.7. The summed E-state index contributed by atoms with van der Waals surface area (Å²) >= 11 is 1.63. The highest BCUT2D eigenvalue weighted by atomic mass is 32.2. The molecule has 0 aliphatic carbocycles. The second-order valence-electron chi connectivity index (χ2n) is 5.08. The van der Waals surface area contributed by atoms with E-state index in [4.69, 9.17) is 4.74 Å². The number of carbonyl (C=O) groups is 1. The Labute approximate surface area is 144 Å². The number of amides is 1. The maximum absolute atomic E-state index is 12.4. The standard InChI is InChI=1S/C18H17N3O2S/c1-23-14-7-3-5-12(9-14)16-11-17(21-20-16)18(22)19-13-6-4-8-15(10-13)24-2/h3-11H,1-2H3,(H,19,22)(H,20,21). The van der Waals surface area contributed by atoms with Crippen LogP contribution in [0.3, 0.4) is 0 Å². The Morgan fingerprint density at radius 2 is 2.00 bits per heavy atom. The summed E-state index contributed by atoms with van der Waals surface area (Å²) in [6, 6.07) is 17.0. The van der Waals surface area contributed by atoms with Gasteiger partial charge in [0.25, 0.3) is 5.91 Å². The van der Waals surface area contributed by atoms with Crippen molar-refractivity contribution in [2.24, 2.45) is 0 Å². The van der Waals surface area contributed by atoms with Crippen LogP contribution in [0.25, 0.3) is 11.3 Å². The van der Waals surface area contributed by atoms with Crippen molar-refractivity contribution in [1.82, 2.24) is 10.2 Å². The molecule has 3 rings (SSSR count). The molecule has 0 radical (unpaired) electrons. The fourth-order valence-electron chi connectivity index (χ4n) is 2.27. The molecule has 3 aromatic rings. The Bertz CT molecular complexity index is 861. The summed E-state index contributed by atoms with van der Waals surface area (Å²) in [4.78, 5) is 13.5. The number of aromatic amines is 1. The van der Waals surface area contributed by atoms with E-state index in [1.54, 1.807) is 24.9 Å². The maximum atomic E-state index is 12.4. The van der Waals surface area contributed by atoms with Crippen LogP contribution >= 0.6 is 11.8 Å². The van der Waals surface area contributed by atoms with E-state index >= 15 is 0 Å². The Morgan fingerprint density at radius 1 is 1.17 bits per heavy atom. The first kappa shape index (κ1) is 16.1. The van der Waals surface area contributed by atoms with Gasteiger partial charge in [-0.3, -0.25) is 9.89 Å². The third-order valence-electron chi connectivity index (χ3n) is 3.52. The van der Waals surface area contributed by atoms with Crippen LogP contribution in [-0.4, -0.2) is 29.5 Å². The quantitative estimate of drug-likeness (QED) is 0.688. The fraction of sp³-hybridized carbons (Fsp3) is 0.111. The average molecular weight is 339 g/mol. The van der Waals surface area contributed by atoms with Gasteiger partial charge in [-0.2, -0.15) is 5.10 Å². The lowest BCUT2D eigenvalue weighted by Gasteiger charge is -2.04. The van der Waals surface area contributed by atoms with Gasteiger partial charge in [0.15, 0.2) is 0 Å². The molecule has 0 spiro atoms. The maximum Gasteiger partial charge on any atom is 0.273 e. The molecule has 0 saturated heterocycles. The molecule has 1 aromatic heterocycles. The molecule has 24 heavy (non-hydrogen) atoms. The molecule has 0 saturated carbocycles. The number of rotatable bonds is 5. The molecule has 0 bridgehead atoms. The normalized spacial score (nSPS) is 10.4. The van der Waals surface area contributed by atoms with E-state index in [9.17, 15) is 4.79 Å². The third kappa shape index (κ3) is 3.60. The van der Waals surface area contributed by atoms with Gasteiger partial charge in [-0.1, -0.05) is 18.2 Å². The number of nitrogens with one attached hydrogen (secondary N) is 2. The summed E-state index contributed by atoms with van der Waals surface area (Å²) in [6.45, 7) is 0. The van der Waals surface area contributed by atoms with Crippen molar-refractivity contribution in [1.29, 1.82) is 0 Å². The summed E-state index contributed by atoms with van der Waals surface area (Å²) in [6.07, 6.45) is 2.00. The molecular weight excluding hydrogens is 322 g/mol. The molecule has 1 heterocycles. The van der Waals surface area contributed by atoms with Crippen LogP contribution in [0.15, 0.2) is 59.5 Å². The predicted molar refractivity (Wildman–Crippen MR) is 96.8 cm³/mol. The Kier molecular flexibility index (Phi) is 4.86. The number of methoxy groups -OCH3 is 1. The smallest absolute Gasteiger partial charge is 0.273 e. The number of carbonyl (C=O) groups excluding carboxylic acids is 1. The van der Waals surface area contributed by atoms with Gasteiger partial charge in [-0.15, -0.1) is 11.8 Å². The van der Waals surface area contributed by atoms with Crippen molar-refractivity contribution >= 4 is 23.4 Å².